The Morgan fingerprint density at radius 1 is 1.11 bits per heavy atom. The van der Waals surface area contributed by atoms with Gasteiger partial charge in [0.05, 0.1) is 30.1 Å². The highest BCUT2D eigenvalue weighted by molar-refractivity contribution is 5.95. The quantitative estimate of drug-likeness (QED) is 0.450. The molecular formula is C29H31F2N5O2. The summed E-state index contributed by atoms with van der Waals surface area (Å²) in [6.45, 7) is 6.36. The van der Waals surface area contributed by atoms with Gasteiger partial charge in [0.1, 0.15) is 6.61 Å². The molecule has 1 fully saturated rings. The Morgan fingerprint density at radius 3 is 2.42 bits per heavy atom. The van der Waals surface area contributed by atoms with Crippen LogP contribution in [0.4, 0.5) is 14.5 Å². The van der Waals surface area contributed by atoms with Crippen molar-refractivity contribution in [1.29, 1.82) is 5.26 Å². The Balaban J connectivity index is 1.52. The fourth-order valence-corrected chi connectivity index (χ4v) is 4.60. The number of pyridine rings is 1. The number of amides is 1. The highest BCUT2D eigenvalue weighted by atomic mass is 19.3. The van der Waals surface area contributed by atoms with Crippen LogP contribution >= 0.6 is 0 Å². The number of anilines is 1. The number of aryl methyl sites for hydroxylation is 2. The summed E-state index contributed by atoms with van der Waals surface area (Å²) in [6, 6.07) is 17.2. The first kappa shape index (κ1) is 27.0. The molecule has 1 N–H and O–H groups in total. The van der Waals surface area contributed by atoms with Gasteiger partial charge in [-0.25, -0.2) is 13.8 Å². The molecule has 1 aromatic heterocycles. The van der Waals surface area contributed by atoms with Crippen LogP contribution in [0, 0.1) is 25.2 Å². The zero-order valence-corrected chi connectivity index (χ0v) is 21.6. The topological polar surface area (TPSA) is 81.5 Å². The lowest BCUT2D eigenvalue weighted by molar-refractivity contribution is 0.0854. The van der Waals surface area contributed by atoms with E-state index in [-0.39, 0.29) is 31.3 Å². The monoisotopic (exact) mass is 519 g/mol. The number of alkyl halides is 2. The Morgan fingerprint density at radius 2 is 1.79 bits per heavy atom. The fraction of sp³-hybridized carbons (Fsp3) is 0.345. The Labute approximate surface area is 221 Å². The number of piperazine rings is 1. The summed E-state index contributed by atoms with van der Waals surface area (Å²) < 4.78 is 31.6. The van der Waals surface area contributed by atoms with Gasteiger partial charge in [-0.3, -0.25) is 9.69 Å². The van der Waals surface area contributed by atoms with Gasteiger partial charge in [0.2, 0.25) is 0 Å². The van der Waals surface area contributed by atoms with Crippen LogP contribution in [-0.4, -0.2) is 54.9 Å². The van der Waals surface area contributed by atoms with E-state index >= 15 is 0 Å². The van der Waals surface area contributed by atoms with Crippen molar-refractivity contribution in [3.05, 3.63) is 88.2 Å². The van der Waals surface area contributed by atoms with E-state index in [0.29, 0.717) is 37.5 Å². The van der Waals surface area contributed by atoms with Crippen molar-refractivity contribution in [3.8, 4) is 11.8 Å². The zero-order chi connectivity index (χ0) is 27.1. The molecule has 9 heteroatoms. The molecule has 0 aliphatic carbocycles. The van der Waals surface area contributed by atoms with Crippen LogP contribution in [0.3, 0.4) is 0 Å². The van der Waals surface area contributed by atoms with E-state index in [1.165, 1.54) is 0 Å². The van der Waals surface area contributed by atoms with Crippen LogP contribution in [-0.2, 0) is 13.2 Å². The molecular weight excluding hydrogens is 488 g/mol. The number of hydrogen-bond donors (Lipinski definition) is 1. The molecule has 0 radical (unpaired) electrons. The number of nitriles is 1. The van der Waals surface area contributed by atoms with E-state index in [9.17, 15) is 18.8 Å². The number of halogens is 2. The molecule has 1 amide bonds. The van der Waals surface area contributed by atoms with Gasteiger partial charge in [0, 0.05) is 38.8 Å². The molecule has 3 aromatic rings. The summed E-state index contributed by atoms with van der Waals surface area (Å²) in [5, 5.41) is 12.1. The van der Waals surface area contributed by atoms with E-state index in [0.717, 1.165) is 27.9 Å². The number of benzene rings is 2. The maximum Gasteiger partial charge on any atom is 0.274 e. The van der Waals surface area contributed by atoms with Crippen LogP contribution < -0.4 is 15.0 Å². The summed E-state index contributed by atoms with van der Waals surface area (Å²) in [4.78, 5) is 21.5. The van der Waals surface area contributed by atoms with Crippen LogP contribution in [0.5, 0.6) is 5.75 Å². The Hall–Kier alpha value is -4.03. The molecule has 0 unspecified atom stereocenters. The number of aromatic nitrogens is 1. The largest absolute Gasteiger partial charge is 0.486 e. The third-order valence-corrected chi connectivity index (χ3v) is 6.68. The highest BCUT2D eigenvalue weighted by Gasteiger charge is 2.23. The fourth-order valence-electron chi connectivity index (χ4n) is 4.60. The number of carbonyl (C=O) groups excluding carboxylic acids is 1. The smallest absolute Gasteiger partial charge is 0.274 e. The standard InChI is InChI=1S/C29H31F2N5O2/c1-20-12-23(15-32)13-21(2)25(20)17-34-29(37)28-26(38-19-22-6-4-3-5-7-22)14-24(16-33-28)36-10-8-35(9-11-36)18-27(30)31/h3-7,12-14,16,27H,8-11,17-19H2,1-2H3,(H,34,37). The molecule has 198 valence electrons. The zero-order valence-electron chi connectivity index (χ0n) is 21.6. The summed E-state index contributed by atoms with van der Waals surface area (Å²) in [5.74, 6) is -0.0170. The lowest BCUT2D eigenvalue weighted by atomic mass is 9.99. The van der Waals surface area contributed by atoms with Gasteiger partial charge in [-0.05, 0) is 48.2 Å². The maximum atomic E-state index is 13.2. The van der Waals surface area contributed by atoms with E-state index in [1.807, 2.05) is 44.2 Å². The van der Waals surface area contributed by atoms with Crippen LogP contribution in [0.2, 0.25) is 0 Å². The molecule has 1 aliphatic heterocycles. The van der Waals surface area contributed by atoms with Crippen molar-refractivity contribution in [2.75, 3.05) is 37.6 Å². The molecule has 7 nitrogen and oxygen atoms in total. The van der Waals surface area contributed by atoms with Crippen molar-refractivity contribution in [3.63, 3.8) is 0 Å². The number of nitrogens with zero attached hydrogens (tertiary/aromatic N) is 4. The lowest BCUT2D eigenvalue weighted by Gasteiger charge is -2.35. The van der Waals surface area contributed by atoms with Crippen LogP contribution in [0.15, 0.2) is 54.7 Å². The summed E-state index contributed by atoms with van der Waals surface area (Å²) in [5.41, 5.74) is 5.29. The third-order valence-electron chi connectivity index (χ3n) is 6.68. The number of nitrogens with one attached hydrogen (secondary N) is 1. The van der Waals surface area contributed by atoms with Crippen molar-refractivity contribution < 1.29 is 18.3 Å². The molecule has 2 heterocycles. The summed E-state index contributed by atoms with van der Waals surface area (Å²) in [7, 11) is 0. The molecule has 0 spiro atoms. The predicted octanol–water partition coefficient (Wildman–Crippen LogP) is 4.47. The molecule has 1 saturated heterocycles. The molecule has 0 atom stereocenters. The second-order valence-electron chi connectivity index (χ2n) is 9.38. The van der Waals surface area contributed by atoms with Gasteiger partial charge in [-0.2, -0.15) is 5.26 Å². The van der Waals surface area contributed by atoms with Crippen LogP contribution in [0.1, 0.15) is 38.3 Å². The minimum atomic E-state index is -2.35. The first-order chi connectivity index (χ1) is 18.3. The van der Waals surface area contributed by atoms with Crippen molar-refractivity contribution in [2.24, 2.45) is 0 Å². The Bertz CT molecular complexity index is 1280. The van der Waals surface area contributed by atoms with Gasteiger partial charge in [-0.1, -0.05) is 30.3 Å². The number of carbonyl (C=O) groups is 1. The predicted molar refractivity (Wildman–Crippen MR) is 141 cm³/mol. The number of hydrogen-bond acceptors (Lipinski definition) is 6. The van der Waals surface area contributed by atoms with E-state index in [4.69, 9.17) is 4.74 Å². The first-order valence-corrected chi connectivity index (χ1v) is 12.5. The first-order valence-electron chi connectivity index (χ1n) is 12.5. The molecule has 2 aromatic carbocycles. The minimum Gasteiger partial charge on any atom is -0.486 e. The van der Waals surface area contributed by atoms with Gasteiger partial charge in [0.15, 0.2) is 11.4 Å². The van der Waals surface area contributed by atoms with Crippen molar-refractivity contribution in [1.82, 2.24) is 15.2 Å². The average molecular weight is 520 g/mol. The second kappa shape index (κ2) is 12.5. The Kier molecular flexibility index (Phi) is 8.87. The lowest BCUT2D eigenvalue weighted by Crippen LogP contribution is -2.47. The van der Waals surface area contributed by atoms with E-state index in [1.54, 1.807) is 29.3 Å². The van der Waals surface area contributed by atoms with E-state index < -0.39 is 6.43 Å². The number of ether oxygens (including phenoxy) is 1. The molecule has 1 aliphatic rings. The molecule has 38 heavy (non-hydrogen) atoms. The van der Waals surface area contributed by atoms with Gasteiger partial charge in [-0.15, -0.1) is 0 Å². The molecule has 4 rings (SSSR count). The van der Waals surface area contributed by atoms with Crippen molar-refractivity contribution >= 4 is 11.6 Å². The SMILES string of the molecule is Cc1cc(C#N)cc(C)c1CNC(=O)c1ncc(N2CCN(CC(F)F)CC2)cc1OCc1ccccc1. The van der Waals surface area contributed by atoms with Crippen LogP contribution in [0.25, 0.3) is 0 Å². The molecule has 0 saturated carbocycles. The molecule has 0 bridgehead atoms. The van der Waals surface area contributed by atoms with Gasteiger partial charge in [0.25, 0.3) is 12.3 Å². The van der Waals surface area contributed by atoms with Gasteiger partial charge < -0.3 is 15.0 Å². The summed E-state index contributed by atoms with van der Waals surface area (Å²) >= 11 is 0. The normalized spacial score (nSPS) is 13.8. The summed E-state index contributed by atoms with van der Waals surface area (Å²) in [6.07, 6.45) is -0.721. The highest BCUT2D eigenvalue weighted by Crippen LogP contribution is 2.26. The van der Waals surface area contributed by atoms with Gasteiger partial charge >= 0.3 is 0 Å². The minimum absolute atomic E-state index is 0.171. The maximum absolute atomic E-state index is 13.2. The number of rotatable bonds is 9. The third kappa shape index (κ3) is 6.84. The van der Waals surface area contributed by atoms with E-state index in [2.05, 4.69) is 21.3 Å². The average Bonchev–Trinajstić information content (AvgIpc) is 2.91. The van der Waals surface area contributed by atoms with Crippen molar-refractivity contribution in [2.45, 2.75) is 33.4 Å². The second-order valence-corrected chi connectivity index (χ2v) is 9.38.